The number of nitrogens with zero attached hydrogens (tertiary/aromatic N) is 3. The van der Waals surface area contributed by atoms with Crippen LogP contribution in [-0.4, -0.2) is 35.7 Å². The molecule has 21 heavy (non-hydrogen) atoms. The van der Waals surface area contributed by atoms with Gasteiger partial charge in [-0.25, -0.2) is 0 Å². The number of non-ortho nitro benzene ring substituents is 1. The first kappa shape index (κ1) is 13.8. The van der Waals surface area contributed by atoms with E-state index in [4.69, 9.17) is 4.74 Å². The van der Waals surface area contributed by atoms with Crippen molar-refractivity contribution in [1.82, 2.24) is 4.98 Å². The molecule has 0 N–H and O–H groups in total. The van der Waals surface area contributed by atoms with E-state index in [0.29, 0.717) is 17.5 Å². The fourth-order valence-corrected chi connectivity index (χ4v) is 2.74. The van der Waals surface area contributed by atoms with Crippen LogP contribution < -0.4 is 4.90 Å². The number of fused-ring (bicyclic) bond motifs is 1. The molecule has 2 aromatic rings. The Morgan fingerprint density at radius 3 is 3.10 bits per heavy atom. The van der Waals surface area contributed by atoms with Crippen molar-refractivity contribution in [2.75, 3.05) is 24.6 Å². The molecule has 1 saturated heterocycles. The Kier molecular flexibility index (Phi) is 3.70. The lowest BCUT2D eigenvalue weighted by Crippen LogP contribution is -2.42. The van der Waals surface area contributed by atoms with Gasteiger partial charge in [0.15, 0.2) is 0 Å². The van der Waals surface area contributed by atoms with E-state index in [1.165, 1.54) is 0 Å². The molecule has 0 spiro atoms. The molecule has 0 saturated carbocycles. The fraction of sp³-hybridized carbons (Fsp3) is 0.400. The third-order valence-corrected chi connectivity index (χ3v) is 3.86. The number of nitro groups is 1. The number of rotatable bonds is 3. The maximum Gasteiger partial charge on any atom is 0.278 e. The molecular weight excluding hydrogens is 270 g/mol. The summed E-state index contributed by atoms with van der Waals surface area (Å²) < 4.78 is 5.68. The first-order valence-corrected chi connectivity index (χ1v) is 7.09. The van der Waals surface area contributed by atoms with Crippen molar-refractivity contribution < 1.29 is 9.66 Å². The monoisotopic (exact) mass is 287 g/mol. The number of ether oxygens (including phenoxy) is 1. The molecule has 6 nitrogen and oxygen atoms in total. The molecule has 0 radical (unpaired) electrons. The van der Waals surface area contributed by atoms with Crippen LogP contribution in [0.2, 0.25) is 0 Å². The van der Waals surface area contributed by atoms with E-state index in [9.17, 15) is 10.1 Å². The van der Waals surface area contributed by atoms with Gasteiger partial charge in [0.05, 0.1) is 28.7 Å². The standard InChI is InChI=1S/C15H17N3O3/c1-2-11-10-17(8-9-21-11)14-6-5-13(18(19)20)12-4-3-7-16-15(12)14/h3-7,11H,2,8-10H2,1H3. The average molecular weight is 287 g/mol. The second-order valence-corrected chi connectivity index (χ2v) is 5.11. The van der Waals surface area contributed by atoms with Gasteiger partial charge < -0.3 is 9.64 Å². The molecule has 0 amide bonds. The van der Waals surface area contributed by atoms with Crippen molar-refractivity contribution in [2.45, 2.75) is 19.4 Å². The summed E-state index contributed by atoms with van der Waals surface area (Å²) in [5, 5.41) is 11.7. The van der Waals surface area contributed by atoms with Crippen LogP contribution in [0.15, 0.2) is 30.5 Å². The van der Waals surface area contributed by atoms with Gasteiger partial charge in [-0.15, -0.1) is 0 Å². The lowest BCUT2D eigenvalue weighted by molar-refractivity contribution is -0.383. The molecule has 0 aliphatic carbocycles. The zero-order chi connectivity index (χ0) is 14.8. The molecule has 1 aliphatic heterocycles. The van der Waals surface area contributed by atoms with E-state index in [-0.39, 0.29) is 16.7 Å². The Morgan fingerprint density at radius 2 is 2.33 bits per heavy atom. The molecule has 1 atom stereocenters. The van der Waals surface area contributed by atoms with Crippen molar-refractivity contribution in [2.24, 2.45) is 0 Å². The predicted octanol–water partition coefficient (Wildman–Crippen LogP) is 2.76. The molecule has 1 aliphatic rings. The van der Waals surface area contributed by atoms with E-state index in [0.717, 1.165) is 25.2 Å². The van der Waals surface area contributed by atoms with Crippen molar-refractivity contribution >= 4 is 22.3 Å². The minimum atomic E-state index is -0.359. The van der Waals surface area contributed by atoms with Gasteiger partial charge in [0.1, 0.15) is 5.52 Å². The summed E-state index contributed by atoms with van der Waals surface area (Å²) in [6.45, 7) is 4.34. The van der Waals surface area contributed by atoms with Crippen LogP contribution in [0.1, 0.15) is 13.3 Å². The third-order valence-electron chi connectivity index (χ3n) is 3.86. The van der Waals surface area contributed by atoms with Crippen LogP contribution in [0, 0.1) is 10.1 Å². The Bertz CT molecular complexity index is 674. The van der Waals surface area contributed by atoms with Crippen molar-refractivity contribution in [3.63, 3.8) is 0 Å². The highest BCUT2D eigenvalue weighted by molar-refractivity contribution is 5.97. The van der Waals surface area contributed by atoms with Crippen molar-refractivity contribution in [3.8, 4) is 0 Å². The molecule has 3 rings (SSSR count). The third kappa shape index (κ3) is 2.54. The number of benzene rings is 1. The highest BCUT2D eigenvalue weighted by atomic mass is 16.6. The van der Waals surface area contributed by atoms with E-state index in [1.807, 2.05) is 0 Å². The summed E-state index contributed by atoms with van der Waals surface area (Å²) in [6, 6.07) is 6.84. The smallest absolute Gasteiger partial charge is 0.278 e. The first-order valence-electron chi connectivity index (χ1n) is 7.09. The number of nitro benzene ring substituents is 1. The minimum absolute atomic E-state index is 0.0992. The zero-order valence-corrected chi connectivity index (χ0v) is 11.9. The second-order valence-electron chi connectivity index (χ2n) is 5.11. The SMILES string of the molecule is CCC1CN(c2ccc([N+](=O)[O-])c3cccnc23)CCO1. The Hall–Kier alpha value is -2.21. The lowest BCUT2D eigenvalue weighted by Gasteiger charge is -2.34. The maximum absolute atomic E-state index is 11.1. The van der Waals surface area contributed by atoms with Gasteiger partial charge in [-0.1, -0.05) is 6.92 Å². The molecule has 1 aromatic carbocycles. The van der Waals surface area contributed by atoms with E-state index in [2.05, 4.69) is 16.8 Å². The number of aromatic nitrogens is 1. The lowest BCUT2D eigenvalue weighted by atomic mass is 10.1. The molecule has 1 unspecified atom stereocenters. The van der Waals surface area contributed by atoms with Crippen molar-refractivity contribution in [1.29, 1.82) is 0 Å². The van der Waals surface area contributed by atoms with Gasteiger partial charge in [0.2, 0.25) is 0 Å². The number of pyridine rings is 1. The Morgan fingerprint density at radius 1 is 1.48 bits per heavy atom. The molecule has 2 heterocycles. The number of hydrogen-bond acceptors (Lipinski definition) is 5. The highest BCUT2D eigenvalue weighted by Crippen LogP contribution is 2.32. The van der Waals surface area contributed by atoms with Gasteiger partial charge in [0, 0.05) is 25.4 Å². The summed E-state index contributed by atoms with van der Waals surface area (Å²) in [5.41, 5.74) is 1.73. The predicted molar refractivity (Wildman–Crippen MR) is 80.6 cm³/mol. The number of anilines is 1. The average Bonchev–Trinajstić information content (AvgIpc) is 2.53. The van der Waals surface area contributed by atoms with Gasteiger partial charge >= 0.3 is 0 Å². The van der Waals surface area contributed by atoms with E-state index >= 15 is 0 Å². The van der Waals surface area contributed by atoms with E-state index < -0.39 is 0 Å². The molecule has 110 valence electrons. The molecule has 6 heteroatoms. The van der Waals surface area contributed by atoms with Gasteiger partial charge in [-0.3, -0.25) is 15.1 Å². The van der Waals surface area contributed by atoms with Crippen LogP contribution in [0.3, 0.4) is 0 Å². The largest absolute Gasteiger partial charge is 0.375 e. The summed E-state index contributed by atoms with van der Waals surface area (Å²) in [5.74, 6) is 0. The second kappa shape index (κ2) is 5.65. The topological polar surface area (TPSA) is 68.5 Å². The van der Waals surface area contributed by atoms with Crippen LogP contribution in [0.4, 0.5) is 11.4 Å². The number of hydrogen-bond donors (Lipinski definition) is 0. The summed E-state index contributed by atoms with van der Waals surface area (Å²) in [7, 11) is 0. The quantitative estimate of drug-likeness (QED) is 0.641. The zero-order valence-electron chi connectivity index (χ0n) is 11.9. The minimum Gasteiger partial charge on any atom is -0.375 e. The van der Waals surface area contributed by atoms with Crippen LogP contribution in [-0.2, 0) is 4.74 Å². The fourth-order valence-electron chi connectivity index (χ4n) is 2.74. The highest BCUT2D eigenvalue weighted by Gasteiger charge is 2.23. The maximum atomic E-state index is 11.1. The number of morpholine rings is 1. The van der Waals surface area contributed by atoms with Gasteiger partial charge in [0.25, 0.3) is 5.69 Å². The Balaban J connectivity index is 2.07. The molecular formula is C15H17N3O3. The van der Waals surface area contributed by atoms with Gasteiger partial charge in [-0.05, 0) is 24.6 Å². The van der Waals surface area contributed by atoms with Crippen molar-refractivity contribution in [3.05, 3.63) is 40.6 Å². The molecule has 1 fully saturated rings. The van der Waals surface area contributed by atoms with Crippen LogP contribution in [0.5, 0.6) is 0 Å². The summed E-state index contributed by atoms with van der Waals surface area (Å²) >= 11 is 0. The summed E-state index contributed by atoms with van der Waals surface area (Å²) in [4.78, 5) is 17.4. The normalized spacial score (nSPS) is 18.9. The Labute approximate surface area is 122 Å². The first-order chi connectivity index (χ1) is 10.2. The summed E-state index contributed by atoms with van der Waals surface area (Å²) in [6.07, 6.45) is 2.83. The van der Waals surface area contributed by atoms with Crippen LogP contribution in [0.25, 0.3) is 10.9 Å². The van der Waals surface area contributed by atoms with E-state index in [1.54, 1.807) is 30.5 Å². The van der Waals surface area contributed by atoms with Crippen LogP contribution >= 0.6 is 0 Å². The molecule has 1 aromatic heterocycles. The molecule has 0 bridgehead atoms. The van der Waals surface area contributed by atoms with Gasteiger partial charge in [-0.2, -0.15) is 0 Å².